The standard InChI is InChI=1S/C24H32BrN3O4S/c1-4-5-16-26-24(30)19(2)27(17-15-20-9-7-6-8-10-20)23(29)18-28(33(3,31)32)22-13-11-21(25)12-14-22/h6-14,19H,4-5,15-18H2,1-3H3,(H,26,30)/t19-/m0/s1. The molecule has 2 aromatic carbocycles. The monoisotopic (exact) mass is 537 g/mol. The summed E-state index contributed by atoms with van der Waals surface area (Å²) in [6.45, 7) is 4.15. The minimum Gasteiger partial charge on any atom is -0.354 e. The Morgan fingerprint density at radius 3 is 2.27 bits per heavy atom. The highest BCUT2D eigenvalue weighted by Crippen LogP contribution is 2.21. The van der Waals surface area contributed by atoms with Crippen molar-refractivity contribution in [2.24, 2.45) is 0 Å². The lowest BCUT2D eigenvalue weighted by Gasteiger charge is -2.31. The van der Waals surface area contributed by atoms with Gasteiger partial charge in [0.05, 0.1) is 11.9 Å². The molecule has 0 saturated carbocycles. The number of halogens is 1. The highest BCUT2D eigenvalue weighted by atomic mass is 79.9. The van der Waals surface area contributed by atoms with Crippen molar-refractivity contribution >= 4 is 43.5 Å². The van der Waals surface area contributed by atoms with Crippen LogP contribution in [0.2, 0.25) is 0 Å². The maximum absolute atomic E-state index is 13.4. The molecule has 1 atom stereocenters. The summed E-state index contributed by atoms with van der Waals surface area (Å²) in [6.07, 6.45) is 3.41. The molecule has 0 spiro atoms. The summed E-state index contributed by atoms with van der Waals surface area (Å²) >= 11 is 3.33. The third kappa shape index (κ3) is 8.47. The molecule has 33 heavy (non-hydrogen) atoms. The number of rotatable bonds is 12. The van der Waals surface area contributed by atoms with Crippen molar-refractivity contribution in [2.75, 3.05) is 30.2 Å². The Morgan fingerprint density at radius 2 is 1.70 bits per heavy atom. The molecule has 0 aliphatic rings. The van der Waals surface area contributed by atoms with Gasteiger partial charge in [0.15, 0.2) is 0 Å². The number of sulfonamides is 1. The van der Waals surface area contributed by atoms with Crippen LogP contribution >= 0.6 is 15.9 Å². The topological polar surface area (TPSA) is 86.8 Å². The Kier molecular flexibility index (Phi) is 10.4. The van der Waals surface area contributed by atoms with E-state index in [9.17, 15) is 18.0 Å². The second kappa shape index (κ2) is 12.7. The smallest absolute Gasteiger partial charge is 0.244 e. The number of unbranched alkanes of at least 4 members (excludes halogenated alkanes) is 1. The molecule has 0 bridgehead atoms. The normalized spacial score (nSPS) is 12.1. The zero-order valence-corrected chi connectivity index (χ0v) is 21.7. The fourth-order valence-electron chi connectivity index (χ4n) is 3.33. The van der Waals surface area contributed by atoms with E-state index in [2.05, 4.69) is 21.2 Å². The van der Waals surface area contributed by atoms with Crippen molar-refractivity contribution < 1.29 is 18.0 Å². The Balaban J connectivity index is 2.25. The molecule has 2 rings (SSSR count). The Bertz CT molecular complexity index is 1010. The Hall–Kier alpha value is -2.39. The van der Waals surface area contributed by atoms with E-state index in [1.165, 1.54) is 4.90 Å². The Morgan fingerprint density at radius 1 is 1.06 bits per heavy atom. The minimum atomic E-state index is -3.72. The molecule has 2 amide bonds. The molecule has 7 nitrogen and oxygen atoms in total. The molecule has 0 aliphatic carbocycles. The number of benzene rings is 2. The van der Waals surface area contributed by atoms with E-state index in [-0.39, 0.29) is 12.5 Å². The molecule has 0 fully saturated rings. The first kappa shape index (κ1) is 26.9. The lowest BCUT2D eigenvalue weighted by Crippen LogP contribution is -2.52. The van der Waals surface area contributed by atoms with Gasteiger partial charge in [-0.25, -0.2) is 8.42 Å². The number of nitrogens with one attached hydrogen (secondary N) is 1. The number of anilines is 1. The SMILES string of the molecule is CCCCNC(=O)[C@H](C)N(CCc1ccccc1)C(=O)CN(c1ccc(Br)cc1)S(C)(=O)=O. The van der Waals surface area contributed by atoms with E-state index in [4.69, 9.17) is 0 Å². The van der Waals surface area contributed by atoms with Crippen molar-refractivity contribution in [2.45, 2.75) is 39.2 Å². The van der Waals surface area contributed by atoms with Crippen molar-refractivity contribution in [3.8, 4) is 0 Å². The highest BCUT2D eigenvalue weighted by Gasteiger charge is 2.29. The van der Waals surface area contributed by atoms with Gasteiger partial charge in [0, 0.05) is 17.6 Å². The number of amides is 2. The zero-order chi connectivity index (χ0) is 24.4. The van der Waals surface area contributed by atoms with E-state index >= 15 is 0 Å². The fourth-order valence-corrected chi connectivity index (χ4v) is 4.44. The maximum atomic E-state index is 13.4. The predicted octanol–water partition coefficient (Wildman–Crippen LogP) is 3.59. The molecule has 2 aromatic rings. The second-order valence-electron chi connectivity index (χ2n) is 7.89. The third-order valence-electron chi connectivity index (χ3n) is 5.27. The van der Waals surface area contributed by atoms with Gasteiger partial charge >= 0.3 is 0 Å². The fraction of sp³-hybridized carbons (Fsp3) is 0.417. The summed E-state index contributed by atoms with van der Waals surface area (Å²) in [6, 6.07) is 15.6. The van der Waals surface area contributed by atoms with Crippen molar-refractivity contribution in [1.82, 2.24) is 10.2 Å². The molecular weight excluding hydrogens is 506 g/mol. The lowest BCUT2D eigenvalue weighted by atomic mass is 10.1. The quantitative estimate of drug-likeness (QED) is 0.419. The largest absolute Gasteiger partial charge is 0.354 e. The van der Waals surface area contributed by atoms with E-state index in [1.54, 1.807) is 31.2 Å². The lowest BCUT2D eigenvalue weighted by molar-refractivity contribution is -0.138. The summed E-state index contributed by atoms with van der Waals surface area (Å²) in [5.41, 5.74) is 1.42. The summed E-state index contributed by atoms with van der Waals surface area (Å²) in [5, 5.41) is 2.87. The van der Waals surface area contributed by atoms with Crippen LogP contribution in [0.3, 0.4) is 0 Å². The van der Waals surface area contributed by atoms with E-state index < -0.39 is 22.0 Å². The van der Waals surface area contributed by atoms with Crippen LogP contribution in [0.5, 0.6) is 0 Å². The van der Waals surface area contributed by atoms with Gasteiger partial charge in [0.1, 0.15) is 12.6 Å². The molecule has 0 aliphatic heterocycles. The number of carbonyl (C=O) groups excluding carboxylic acids is 2. The van der Waals surface area contributed by atoms with Crippen molar-refractivity contribution in [3.63, 3.8) is 0 Å². The Labute approximate surface area is 205 Å². The van der Waals surface area contributed by atoms with Crippen LogP contribution in [0.25, 0.3) is 0 Å². The third-order valence-corrected chi connectivity index (χ3v) is 6.94. The van der Waals surface area contributed by atoms with E-state index in [0.29, 0.717) is 25.2 Å². The first-order valence-electron chi connectivity index (χ1n) is 11.0. The maximum Gasteiger partial charge on any atom is 0.244 e. The molecule has 0 radical (unpaired) electrons. The second-order valence-corrected chi connectivity index (χ2v) is 10.7. The van der Waals surface area contributed by atoms with Gasteiger partial charge in [0.2, 0.25) is 21.8 Å². The molecule has 0 saturated heterocycles. The summed E-state index contributed by atoms with van der Waals surface area (Å²) < 4.78 is 26.9. The molecule has 1 N–H and O–H groups in total. The van der Waals surface area contributed by atoms with Crippen LogP contribution in [-0.2, 0) is 26.0 Å². The first-order valence-corrected chi connectivity index (χ1v) is 13.6. The van der Waals surface area contributed by atoms with Gasteiger partial charge in [-0.05, 0) is 49.6 Å². The number of hydrogen-bond acceptors (Lipinski definition) is 4. The van der Waals surface area contributed by atoms with Crippen LogP contribution in [0.15, 0.2) is 59.1 Å². The molecule has 9 heteroatoms. The van der Waals surface area contributed by atoms with Crippen LogP contribution in [0.1, 0.15) is 32.3 Å². The van der Waals surface area contributed by atoms with Gasteiger partial charge in [-0.2, -0.15) is 0 Å². The summed E-state index contributed by atoms with van der Waals surface area (Å²) in [5.74, 6) is -0.683. The van der Waals surface area contributed by atoms with Crippen molar-refractivity contribution in [3.05, 3.63) is 64.6 Å². The highest BCUT2D eigenvalue weighted by molar-refractivity contribution is 9.10. The van der Waals surface area contributed by atoms with Crippen LogP contribution < -0.4 is 9.62 Å². The average Bonchev–Trinajstić information content (AvgIpc) is 2.78. The van der Waals surface area contributed by atoms with Crippen LogP contribution in [0, 0.1) is 0 Å². The zero-order valence-electron chi connectivity index (χ0n) is 19.3. The van der Waals surface area contributed by atoms with E-state index in [1.807, 2.05) is 37.3 Å². The van der Waals surface area contributed by atoms with Gasteiger partial charge < -0.3 is 10.2 Å². The number of nitrogens with zero attached hydrogens (tertiary/aromatic N) is 2. The van der Waals surface area contributed by atoms with Gasteiger partial charge in [0.25, 0.3) is 0 Å². The van der Waals surface area contributed by atoms with Crippen LogP contribution in [-0.4, -0.2) is 57.1 Å². The predicted molar refractivity (Wildman–Crippen MR) is 136 cm³/mol. The molecule has 180 valence electrons. The molecule has 0 unspecified atom stereocenters. The number of hydrogen-bond donors (Lipinski definition) is 1. The average molecular weight is 539 g/mol. The summed E-state index contributed by atoms with van der Waals surface area (Å²) in [7, 11) is -3.72. The van der Waals surface area contributed by atoms with Gasteiger partial charge in [-0.15, -0.1) is 0 Å². The first-order chi connectivity index (χ1) is 15.6. The van der Waals surface area contributed by atoms with E-state index in [0.717, 1.165) is 33.4 Å². The molecular formula is C24H32BrN3O4S. The van der Waals surface area contributed by atoms with Gasteiger partial charge in [-0.1, -0.05) is 59.6 Å². The molecule has 0 heterocycles. The number of carbonyl (C=O) groups is 2. The van der Waals surface area contributed by atoms with Gasteiger partial charge in [-0.3, -0.25) is 13.9 Å². The van der Waals surface area contributed by atoms with Crippen LogP contribution in [0.4, 0.5) is 5.69 Å². The molecule has 0 aromatic heterocycles. The minimum absolute atomic E-state index is 0.251. The summed E-state index contributed by atoms with van der Waals surface area (Å²) in [4.78, 5) is 27.6. The van der Waals surface area contributed by atoms with Crippen molar-refractivity contribution in [1.29, 1.82) is 0 Å².